The zero-order valence-electron chi connectivity index (χ0n) is 15.7. The van der Waals surface area contributed by atoms with Gasteiger partial charge in [0.2, 0.25) is 5.95 Å². The Morgan fingerprint density at radius 1 is 1.04 bits per heavy atom. The predicted molar refractivity (Wildman–Crippen MR) is 107 cm³/mol. The molecule has 1 unspecified atom stereocenters. The van der Waals surface area contributed by atoms with E-state index in [1.54, 1.807) is 0 Å². The fraction of sp³-hybridized carbons (Fsp3) is 0.500. The Balaban J connectivity index is 1.09. The van der Waals surface area contributed by atoms with E-state index in [1.807, 2.05) is 36.7 Å². The minimum Gasteiger partial charge on any atom is -0.488 e. The molecule has 0 aliphatic carbocycles. The molecule has 0 bridgehead atoms. The minimum absolute atomic E-state index is 0.189. The van der Waals surface area contributed by atoms with Crippen LogP contribution in [0.4, 0.5) is 11.6 Å². The zero-order chi connectivity index (χ0) is 18.3. The first-order valence-corrected chi connectivity index (χ1v) is 9.84. The molecule has 7 nitrogen and oxygen atoms in total. The summed E-state index contributed by atoms with van der Waals surface area (Å²) in [6, 6.07) is 9.95. The smallest absolute Gasteiger partial charge is 0.225 e. The van der Waals surface area contributed by atoms with Gasteiger partial charge in [-0.15, -0.1) is 0 Å². The first kappa shape index (κ1) is 18.0. The number of aromatic nitrogens is 2. The summed E-state index contributed by atoms with van der Waals surface area (Å²) < 4.78 is 5.79. The molecule has 1 aromatic carbocycles. The van der Waals surface area contributed by atoms with Gasteiger partial charge in [0.05, 0.1) is 5.69 Å². The number of rotatable bonds is 7. The van der Waals surface area contributed by atoms with Crippen LogP contribution in [0.15, 0.2) is 42.7 Å². The molecule has 7 heteroatoms. The number of hydrogen-bond acceptors (Lipinski definition) is 7. The van der Waals surface area contributed by atoms with Crippen LogP contribution in [0.2, 0.25) is 0 Å². The molecule has 0 saturated carbocycles. The van der Waals surface area contributed by atoms with Gasteiger partial charge in [-0.3, -0.25) is 10.2 Å². The highest BCUT2D eigenvalue weighted by Gasteiger charge is 2.19. The number of benzene rings is 1. The normalized spacial score (nSPS) is 19.9. The standard InChI is InChI=1S/C20H28N6O/c1-2-7-18-17(6-1)24-19(16-27-18)21-8-3-4-11-25-12-14-26(15-13-25)20-22-9-5-10-23-20/h1-2,5-7,9-10,19,21,24H,3-4,8,11-16H2. The molecule has 2 N–H and O–H groups in total. The lowest BCUT2D eigenvalue weighted by Gasteiger charge is -2.34. The second kappa shape index (κ2) is 9.01. The second-order valence-electron chi connectivity index (χ2n) is 7.04. The predicted octanol–water partition coefficient (Wildman–Crippen LogP) is 1.80. The van der Waals surface area contributed by atoms with E-state index in [4.69, 9.17) is 4.74 Å². The highest BCUT2D eigenvalue weighted by atomic mass is 16.5. The Labute approximate surface area is 160 Å². The molecular weight excluding hydrogens is 340 g/mol. The van der Waals surface area contributed by atoms with Gasteiger partial charge in [-0.05, 0) is 44.1 Å². The van der Waals surface area contributed by atoms with Crippen molar-refractivity contribution in [1.82, 2.24) is 20.2 Å². The van der Waals surface area contributed by atoms with Crippen molar-refractivity contribution in [2.24, 2.45) is 0 Å². The van der Waals surface area contributed by atoms with Crippen LogP contribution < -0.4 is 20.3 Å². The fourth-order valence-corrected chi connectivity index (χ4v) is 3.59. The summed E-state index contributed by atoms with van der Waals surface area (Å²) in [7, 11) is 0. The van der Waals surface area contributed by atoms with Crippen molar-refractivity contribution in [3.8, 4) is 5.75 Å². The van der Waals surface area contributed by atoms with Gasteiger partial charge in [0, 0.05) is 38.6 Å². The van der Waals surface area contributed by atoms with Crippen molar-refractivity contribution in [1.29, 1.82) is 0 Å². The van der Waals surface area contributed by atoms with Crippen molar-refractivity contribution < 1.29 is 4.74 Å². The molecule has 2 aliphatic rings. The van der Waals surface area contributed by atoms with Crippen LogP contribution in [-0.2, 0) is 0 Å². The number of piperazine rings is 1. The molecule has 1 fully saturated rings. The van der Waals surface area contributed by atoms with Crippen LogP contribution in [0, 0.1) is 0 Å². The van der Waals surface area contributed by atoms with E-state index in [0.29, 0.717) is 6.61 Å². The van der Waals surface area contributed by atoms with Crippen molar-refractivity contribution >= 4 is 11.6 Å². The summed E-state index contributed by atoms with van der Waals surface area (Å²) in [4.78, 5) is 13.5. The number of hydrogen-bond donors (Lipinski definition) is 2. The zero-order valence-corrected chi connectivity index (χ0v) is 15.7. The molecule has 2 aromatic rings. The Bertz CT molecular complexity index is 705. The van der Waals surface area contributed by atoms with Gasteiger partial charge in [-0.2, -0.15) is 0 Å². The summed E-state index contributed by atoms with van der Waals surface area (Å²) in [5, 5.41) is 7.04. The van der Waals surface area contributed by atoms with E-state index in [1.165, 1.54) is 12.8 Å². The molecule has 1 aromatic heterocycles. The molecule has 0 radical (unpaired) electrons. The van der Waals surface area contributed by atoms with Crippen molar-refractivity contribution in [3.05, 3.63) is 42.7 Å². The van der Waals surface area contributed by atoms with Crippen LogP contribution in [0.1, 0.15) is 12.8 Å². The SMILES string of the molecule is c1cnc(N2CCN(CCCCNC3COc4ccccc4N3)CC2)nc1. The maximum absolute atomic E-state index is 5.79. The van der Waals surface area contributed by atoms with Crippen LogP contribution in [0.25, 0.3) is 0 Å². The highest BCUT2D eigenvalue weighted by molar-refractivity contribution is 5.58. The molecular formula is C20H28N6O. The summed E-state index contributed by atoms with van der Waals surface area (Å²) in [5.41, 5.74) is 1.07. The number of nitrogens with zero attached hydrogens (tertiary/aromatic N) is 4. The second-order valence-corrected chi connectivity index (χ2v) is 7.04. The monoisotopic (exact) mass is 368 g/mol. The number of unbranched alkanes of at least 4 members (excludes halogenated alkanes) is 1. The van der Waals surface area contributed by atoms with E-state index < -0.39 is 0 Å². The van der Waals surface area contributed by atoms with Gasteiger partial charge in [0.25, 0.3) is 0 Å². The Hall–Kier alpha value is -2.38. The average molecular weight is 368 g/mol. The lowest BCUT2D eigenvalue weighted by atomic mass is 10.2. The molecule has 1 saturated heterocycles. The van der Waals surface area contributed by atoms with Gasteiger partial charge >= 0.3 is 0 Å². The summed E-state index contributed by atoms with van der Waals surface area (Å²) in [6.07, 6.45) is 6.19. The quantitative estimate of drug-likeness (QED) is 0.723. The van der Waals surface area contributed by atoms with Crippen molar-refractivity contribution in [2.45, 2.75) is 19.0 Å². The Morgan fingerprint density at radius 2 is 1.85 bits per heavy atom. The number of nitrogens with one attached hydrogen (secondary N) is 2. The lowest BCUT2D eigenvalue weighted by Crippen LogP contribution is -2.47. The first-order valence-electron chi connectivity index (χ1n) is 9.84. The van der Waals surface area contributed by atoms with Crippen molar-refractivity contribution in [2.75, 3.05) is 56.1 Å². The minimum atomic E-state index is 0.189. The maximum atomic E-state index is 5.79. The third-order valence-electron chi connectivity index (χ3n) is 5.12. The van der Waals surface area contributed by atoms with Gasteiger partial charge in [-0.1, -0.05) is 12.1 Å². The third kappa shape index (κ3) is 4.87. The van der Waals surface area contributed by atoms with E-state index in [2.05, 4.69) is 36.5 Å². The number of ether oxygens (including phenoxy) is 1. The number of anilines is 2. The average Bonchev–Trinajstić information content (AvgIpc) is 2.74. The topological polar surface area (TPSA) is 65.6 Å². The van der Waals surface area contributed by atoms with E-state index in [-0.39, 0.29) is 6.17 Å². The molecule has 0 spiro atoms. The molecule has 4 rings (SSSR count). The molecule has 1 atom stereocenters. The van der Waals surface area contributed by atoms with Crippen LogP contribution in [0.5, 0.6) is 5.75 Å². The highest BCUT2D eigenvalue weighted by Crippen LogP contribution is 2.27. The van der Waals surface area contributed by atoms with Crippen LogP contribution in [-0.4, -0.2) is 66.9 Å². The van der Waals surface area contributed by atoms with E-state index in [0.717, 1.165) is 56.7 Å². The molecule has 0 amide bonds. The summed E-state index contributed by atoms with van der Waals surface area (Å²) in [6.45, 7) is 7.00. The van der Waals surface area contributed by atoms with Crippen LogP contribution >= 0.6 is 0 Å². The Kier molecular flexibility index (Phi) is 6.01. The fourth-order valence-electron chi connectivity index (χ4n) is 3.59. The summed E-state index contributed by atoms with van der Waals surface area (Å²) in [5.74, 6) is 1.79. The first-order chi connectivity index (χ1) is 13.4. The lowest BCUT2D eigenvalue weighted by molar-refractivity contribution is 0.246. The maximum Gasteiger partial charge on any atom is 0.225 e. The molecule has 2 aliphatic heterocycles. The largest absolute Gasteiger partial charge is 0.488 e. The van der Waals surface area contributed by atoms with Gasteiger partial charge < -0.3 is 15.0 Å². The van der Waals surface area contributed by atoms with Gasteiger partial charge in [0.15, 0.2) is 0 Å². The van der Waals surface area contributed by atoms with Gasteiger partial charge in [0.1, 0.15) is 18.5 Å². The number of fused-ring (bicyclic) bond motifs is 1. The Morgan fingerprint density at radius 3 is 2.70 bits per heavy atom. The molecule has 27 heavy (non-hydrogen) atoms. The van der Waals surface area contributed by atoms with Crippen LogP contribution in [0.3, 0.4) is 0 Å². The third-order valence-corrected chi connectivity index (χ3v) is 5.12. The molecule has 3 heterocycles. The van der Waals surface area contributed by atoms with Gasteiger partial charge in [-0.25, -0.2) is 9.97 Å². The van der Waals surface area contributed by atoms with E-state index in [9.17, 15) is 0 Å². The van der Waals surface area contributed by atoms with E-state index >= 15 is 0 Å². The molecule has 144 valence electrons. The van der Waals surface area contributed by atoms with Crippen molar-refractivity contribution in [3.63, 3.8) is 0 Å². The summed E-state index contributed by atoms with van der Waals surface area (Å²) >= 11 is 0. The number of para-hydroxylation sites is 2.